The summed E-state index contributed by atoms with van der Waals surface area (Å²) in [4.78, 5) is 0. The van der Waals surface area contributed by atoms with Crippen LogP contribution in [0.5, 0.6) is 0 Å². The molecular weight excluding hydrogens is 304 g/mol. The molecule has 0 bridgehead atoms. The number of thioether (sulfide) groups is 1. The van der Waals surface area contributed by atoms with Gasteiger partial charge in [0.15, 0.2) is 6.29 Å². The average molecular weight is 321 g/mol. The molecule has 1 saturated heterocycles. The van der Waals surface area contributed by atoms with Crippen LogP contribution in [-0.4, -0.2) is 18.5 Å². The third-order valence-corrected chi connectivity index (χ3v) is 4.83. The van der Waals surface area contributed by atoms with E-state index >= 15 is 0 Å². The summed E-state index contributed by atoms with van der Waals surface area (Å²) in [5.41, 5.74) is 2.35. The van der Waals surface area contributed by atoms with Gasteiger partial charge in [-0.15, -0.1) is 11.8 Å². The van der Waals surface area contributed by atoms with Gasteiger partial charge in [0.05, 0.1) is 18.5 Å². The van der Waals surface area contributed by atoms with E-state index in [0.29, 0.717) is 5.25 Å². The fraction of sp³-hybridized carbons (Fsp3) is 0.294. The van der Waals surface area contributed by atoms with Crippen molar-refractivity contribution in [2.24, 2.45) is 0 Å². The van der Waals surface area contributed by atoms with Crippen LogP contribution in [0.3, 0.4) is 0 Å². The van der Waals surface area contributed by atoms with Crippen molar-refractivity contribution in [3.8, 4) is 0 Å². The lowest BCUT2D eigenvalue weighted by Gasteiger charge is -2.29. The number of hydrogen-bond donors (Lipinski definition) is 0. The Balaban J connectivity index is 1.47. The molecule has 0 aliphatic carbocycles. The highest BCUT2D eigenvalue weighted by molar-refractivity contribution is 7.99. The Hall–Kier alpha value is -1.00. The van der Waals surface area contributed by atoms with Crippen molar-refractivity contribution in [1.29, 1.82) is 0 Å². The van der Waals surface area contributed by atoms with Crippen LogP contribution in [0.1, 0.15) is 17.4 Å². The number of rotatable bonds is 4. The molecule has 0 N–H and O–H groups in total. The first kappa shape index (κ1) is 14.9. The standard InChI is InChI=1S/C17H17ClO2S/c18-15-8-6-13(7-9-15)12-21-16-10-19-17(20-11-16)14-4-2-1-3-5-14/h1-9,16-17H,10-12H2. The molecule has 0 saturated carbocycles. The summed E-state index contributed by atoms with van der Waals surface area (Å²) in [7, 11) is 0. The largest absolute Gasteiger partial charge is 0.347 e. The lowest BCUT2D eigenvalue weighted by molar-refractivity contribution is -0.179. The third kappa shape index (κ3) is 4.24. The van der Waals surface area contributed by atoms with Crippen LogP contribution in [0.2, 0.25) is 5.02 Å². The second-order valence-corrected chi connectivity index (χ2v) is 6.69. The summed E-state index contributed by atoms with van der Waals surface area (Å²) < 4.78 is 11.6. The Morgan fingerprint density at radius 1 is 0.952 bits per heavy atom. The van der Waals surface area contributed by atoms with E-state index in [4.69, 9.17) is 21.1 Å². The van der Waals surface area contributed by atoms with E-state index in [2.05, 4.69) is 12.1 Å². The summed E-state index contributed by atoms with van der Waals surface area (Å²) in [6.07, 6.45) is -0.224. The van der Waals surface area contributed by atoms with Gasteiger partial charge in [0.2, 0.25) is 0 Å². The number of halogens is 1. The Morgan fingerprint density at radius 3 is 2.29 bits per heavy atom. The van der Waals surface area contributed by atoms with Crippen LogP contribution < -0.4 is 0 Å². The molecule has 1 aliphatic heterocycles. The Labute approximate surface area is 134 Å². The second kappa shape index (κ2) is 7.32. The predicted molar refractivity (Wildman–Crippen MR) is 87.6 cm³/mol. The van der Waals surface area contributed by atoms with Gasteiger partial charge in [0.25, 0.3) is 0 Å². The van der Waals surface area contributed by atoms with E-state index in [0.717, 1.165) is 29.6 Å². The summed E-state index contributed by atoms with van der Waals surface area (Å²) in [5, 5.41) is 1.15. The van der Waals surface area contributed by atoms with E-state index in [1.807, 2.05) is 54.2 Å². The fourth-order valence-corrected chi connectivity index (χ4v) is 3.28. The van der Waals surface area contributed by atoms with Crippen LogP contribution in [0.25, 0.3) is 0 Å². The first-order valence-electron chi connectivity index (χ1n) is 6.95. The highest BCUT2D eigenvalue weighted by Gasteiger charge is 2.23. The van der Waals surface area contributed by atoms with Gasteiger partial charge in [0, 0.05) is 16.3 Å². The fourth-order valence-electron chi connectivity index (χ4n) is 2.18. The Bertz CT molecular complexity index is 551. The SMILES string of the molecule is Clc1ccc(CSC2COC(c3ccccc3)OC2)cc1. The lowest BCUT2D eigenvalue weighted by atomic mass is 10.2. The molecule has 0 atom stereocenters. The molecule has 0 amide bonds. The maximum Gasteiger partial charge on any atom is 0.183 e. The summed E-state index contributed by atoms with van der Waals surface area (Å²) in [6.45, 7) is 1.44. The zero-order valence-corrected chi connectivity index (χ0v) is 13.1. The minimum absolute atomic E-state index is 0.224. The molecule has 1 fully saturated rings. The second-order valence-electron chi connectivity index (χ2n) is 4.97. The molecule has 1 heterocycles. The van der Waals surface area contributed by atoms with Crippen molar-refractivity contribution in [3.63, 3.8) is 0 Å². The molecule has 3 rings (SSSR count). The van der Waals surface area contributed by atoms with E-state index in [1.165, 1.54) is 5.56 Å². The third-order valence-electron chi connectivity index (χ3n) is 3.34. The van der Waals surface area contributed by atoms with Crippen molar-refractivity contribution in [1.82, 2.24) is 0 Å². The normalized spacial score (nSPS) is 22.1. The molecule has 4 heteroatoms. The smallest absolute Gasteiger partial charge is 0.183 e. The summed E-state index contributed by atoms with van der Waals surface area (Å²) in [5.74, 6) is 0.949. The lowest BCUT2D eigenvalue weighted by Crippen LogP contribution is -2.29. The van der Waals surface area contributed by atoms with Gasteiger partial charge in [-0.1, -0.05) is 54.1 Å². The molecule has 0 aromatic heterocycles. The maximum absolute atomic E-state index is 5.89. The minimum atomic E-state index is -0.224. The van der Waals surface area contributed by atoms with Crippen LogP contribution in [0.15, 0.2) is 54.6 Å². The van der Waals surface area contributed by atoms with Crippen LogP contribution in [-0.2, 0) is 15.2 Å². The molecule has 110 valence electrons. The van der Waals surface area contributed by atoms with Gasteiger partial charge in [0.1, 0.15) is 0 Å². The van der Waals surface area contributed by atoms with Gasteiger partial charge >= 0.3 is 0 Å². The van der Waals surface area contributed by atoms with E-state index in [-0.39, 0.29) is 6.29 Å². The Kier molecular flexibility index (Phi) is 5.20. The molecular formula is C17H17ClO2S. The summed E-state index contributed by atoms with van der Waals surface area (Å²) >= 11 is 7.75. The Morgan fingerprint density at radius 2 is 1.62 bits per heavy atom. The van der Waals surface area contributed by atoms with Gasteiger partial charge in [-0.25, -0.2) is 0 Å². The number of hydrogen-bond acceptors (Lipinski definition) is 3. The molecule has 0 spiro atoms. The molecule has 2 nitrogen and oxygen atoms in total. The van der Waals surface area contributed by atoms with Gasteiger partial charge in [-0.2, -0.15) is 0 Å². The van der Waals surface area contributed by atoms with Crippen molar-refractivity contribution >= 4 is 23.4 Å². The average Bonchev–Trinajstić information content (AvgIpc) is 2.56. The van der Waals surface area contributed by atoms with Crippen molar-refractivity contribution in [2.75, 3.05) is 13.2 Å². The molecule has 2 aromatic carbocycles. The highest BCUT2D eigenvalue weighted by Crippen LogP contribution is 2.28. The van der Waals surface area contributed by atoms with Crippen LogP contribution in [0.4, 0.5) is 0 Å². The first-order chi connectivity index (χ1) is 10.3. The van der Waals surface area contributed by atoms with Gasteiger partial charge in [-0.3, -0.25) is 0 Å². The van der Waals surface area contributed by atoms with Crippen molar-refractivity contribution < 1.29 is 9.47 Å². The summed E-state index contributed by atoms with van der Waals surface area (Å²) in [6, 6.07) is 18.1. The zero-order valence-electron chi connectivity index (χ0n) is 11.6. The van der Waals surface area contributed by atoms with E-state index in [9.17, 15) is 0 Å². The van der Waals surface area contributed by atoms with E-state index < -0.39 is 0 Å². The monoisotopic (exact) mass is 320 g/mol. The van der Waals surface area contributed by atoms with Crippen molar-refractivity contribution in [2.45, 2.75) is 17.3 Å². The highest BCUT2D eigenvalue weighted by atomic mass is 35.5. The predicted octanol–water partition coefficient (Wildman–Crippen LogP) is 4.69. The molecule has 2 aromatic rings. The zero-order chi connectivity index (χ0) is 14.5. The topological polar surface area (TPSA) is 18.5 Å². The quantitative estimate of drug-likeness (QED) is 0.814. The molecule has 1 aliphatic rings. The van der Waals surface area contributed by atoms with Crippen molar-refractivity contribution in [3.05, 3.63) is 70.7 Å². The molecule has 0 radical (unpaired) electrons. The number of benzene rings is 2. The molecule has 21 heavy (non-hydrogen) atoms. The van der Waals surface area contributed by atoms with Gasteiger partial charge < -0.3 is 9.47 Å². The molecule has 0 unspecified atom stereocenters. The number of ether oxygens (including phenoxy) is 2. The van der Waals surface area contributed by atoms with E-state index in [1.54, 1.807) is 0 Å². The van der Waals surface area contributed by atoms with Gasteiger partial charge in [-0.05, 0) is 17.7 Å². The maximum atomic E-state index is 5.89. The minimum Gasteiger partial charge on any atom is -0.347 e. The van der Waals surface area contributed by atoms with Crippen LogP contribution >= 0.6 is 23.4 Å². The van der Waals surface area contributed by atoms with Crippen LogP contribution in [0, 0.1) is 0 Å². The first-order valence-corrected chi connectivity index (χ1v) is 8.38.